The second kappa shape index (κ2) is 6.65. The first-order valence-electron chi connectivity index (χ1n) is 7.80. The lowest BCUT2D eigenvalue weighted by atomic mass is 10.1. The second-order valence-electron chi connectivity index (χ2n) is 5.92. The van der Waals surface area contributed by atoms with Crippen LogP contribution in [-0.2, 0) is 0 Å². The van der Waals surface area contributed by atoms with E-state index in [1.54, 1.807) is 18.0 Å². The van der Waals surface area contributed by atoms with E-state index < -0.39 is 0 Å². The van der Waals surface area contributed by atoms with Crippen LogP contribution in [-0.4, -0.2) is 26.9 Å². The zero-order valence-corrected chi connectivity index (χ0v) is 15.0. The van der Waals surface area contributed by atoms with E-state index in [4.69, 9.17) is 0 Å². The highest BCUT2D eigenvalue weighted by molar-refractivity contribution is 7.98. The number of thioether (sulfide) groups is 1. The number of nitrogens with zero attached hydrogens (tertiary/aromatic N) is 3. The van der Waals surface area contributed by atoms with Gasteiger partial charge in [-0.3, -0.25) is 4.79 Å². The van der Waals surface area contributed by atoms with Gasteiger partial charge in [-0.2, -0.15) is 5.10 Å². The number of carbonyl (C=O) groups is 1. The van der Waals surface area contributed by atoms with E-state index in [-0.39, 0.29) is 11.9 Å². The molecule has 1 aromatic carbocycles. The minimum absolute atomic E-state index is 0.146. The fourth-order valence-corrected chi connectivity index (χ4v) is 3.07. The molecule has 0 saturated heterocycles. The minimum atomic E-state index is -0.146. The molecule has 0 unspecified atom stereocenters. The Hall–Kier alpha value is -2.34. The normalized spacial score (nSPS) is 11.2. The van der Waals surface area contributed by atoms with Crippen LogP contribution < -0.4 is 5.32 Å². The zero-order chi connectivity index (χ0) is 17.3. The van der Waals surface area contributed by atoms with E-state index in [0.717, 1.165) is 27.3 Å². The lowest BCUT2D eigenvalue weighted by Gasteiger charge is -2.10. The fraction of sp³-hybridized carbons (Fsp3) is 0.278. The van der Waals surface area contributed by atoms with E-state index in [2.05, 4.69) is 15.4 Å². The van der Waals surface area contributed by atoms with Crippen LogP contribution in [0.2, 0.25) is 0 Å². The lowest BCUT2D eigenvalue weighted by molar-refractivity contribution is 0.102. The first-order valence-corrected chi connectivity index (χ1v) is 9.02. The summed E-state index contributed by atoms with van der Waals surface area (Å²) >= 11 is 1.64. The number of hydrogen-bond donors (Lipinski definition) is 1. The van der Waals surface area contributed by atoms with Crippen LogP contribution in [0.5, 0.6) is 0 Å². The summed E-state index contributed by atoms with van der Waals surface area (Å²) in [6.07, 6.45) is 3.73. The van der Waals surface area contributed by atoms with Gasteiger partial charge in [-0.25, -0.2) is 9.67 Å². The fourth-order valence-electron chi connectivity index (χ4n) is 2.61. The van der Waals surface area contributed by atoms with Crippen molar-refractivity contribution in [2.45, 2.75) is 31.7 Å². The maximum atomic E-state index is 12.8. The molecule has 24 heavy (non-hydrogen) atoms. The van der Waals surface area contributed by atoms with Crippen molar-refractivity contribution in [1.82, 2.24) is 14.8 Å². The average molecular weight is 340 g/mol. The summed E-state index contributed by atoms with van der Waals surface area (Å²) in [4.78, 5) is 18.4. The third kappa shape index (κ3) is 3.14. The number of fused-ring (bicyclic) bond motifs is 1. The molecule has 5 nitrogen and oxygen atoms in total. The number of carbonyl (C=O) groups excluding carboxylic acids is 1. The highest BCUT2D eigenvalue weighted by Gasteiger charge is 2.17. The van der Waals surface area contributed by atoms with Crippen molar-refractivity contribution >= 4 is 34.4 Å². The highest BCUT2D eigenvalue weighted by atomic mass is 32.2. The standard InChI is InChI=1S/C18H20N4OS/c1-11(2)22-17-16(10-19-22)15(8-12(3)20-17)18(23)21-13-6-5-7-14(9-13)24-4/h5-11H,1-4H3,(H,21,23). The van der Waals surface area contributed by atoms with E-state index in [0.29, 0.717) is 5.56 Å². The zero-order valence-electron chi connectivity index (χ0n) is 14.2. The molecule has 1 amide bonds. The van der Waals surface area contributed by atoms with E-state index in [1.807, 2.05) is 62.0 Å². The molecule has 1 N–H and O–H groups in total. The Bertz CT molecular complexity index is 901. The first kappa shape index (κ1) is 16.5. The number of amides is 1. The average Bonchev–Trinajstić information content (AvgIpc) is 2.98. The number of aryl methyl sites for hydroxylation is 1. The first-order chi connectivity index (χ1) is 11.5. The van der Waals surface area contributed by atoms with Crippen LogP contribution in [0.25, 0.3) is 11.0 Å². The lowest BCUT2D eigenvalue weighted by Crippen LogP contribution is -2.13. The molecule has 0 radical (unpaired) electrons. The van der Waals surface area contributed by atoms with Gasteiger partial charge in [-0.05, 0) is 51.3 Å². The Morgan fingerprint density at radius 2 is 2.08 bits per heavy atom. The molecule has 0 bridgehead atoms. The van der Waals surface area contributed by atoms with Gasteiger partial charge in [0.1, 0.15) is 0 Å². The summed E-state index contributed by atoms with van der Waals surface area (Å²) in [7, 11) is 0. The molecule has 3 rings (SSSR count). The maximum Gasteiger partial charge on any atom is 0.256 e. The summed E-state index contributed by atoms with van der Waals surface area (Å²) in [5.41, 5.74) is 2.92. The molecule has 0 atom stereocenters. The number of hydrogen-bond acceptors (Lipinski definition) is 4. The number of pyridine rings is 1. The van der Waals surface area contributed by atoms with Crippen molar-refractivity contribution in [3.8, 4) is 0 Å². The summed E-state index contributed by atoms with van der Waals surface area (Å²) in [6.45, 7) is 5.98. The Morgan fingerprint density at radius 1 is 1.29 bits per heavy atom. The van der Waals surface area contributed by atoms with Gasteiger partial charge in [0.15, 0.2) is 5.65 Å². The van der Waals surface area contributed by atoms with Gasteiger partial charge >= 0.3 is 0 Å². The van der Waals surface area contributed by atoms with E-state index in [1.165, 1.54) is 0 Å². The van der Waals surface area contributed by atoms with Crippen molar-refractivity contribution in [2.24, 2.45) is 0 Å². The number of aromatic nitrogens is 3. The molecule has 0 aliphatic heterocycles. The summed E-state index contributed by atoms with van der Waals surface area (Å²) in [6, 6.07) is 9.80. The van der Waals surface area contributed by atoms with Crippen molar-refractivity contribution in [3.63, 3.8) is 0 Å². The van der Waals surface area contributed by atoms with Gasteiger partial charge in [0.05, 0.1) is 17.1 Å². The molecule has 6 heteroatoms. The molecule has 124 valence electrons. The molecule has 0 aliphatic rings. The van der Waals surface area contributed by atoms with E-state index >= 15 is 0 Å². The van der Waals surface area contributed by atoms with Gasteiger partial charge in [0.25, 0.3) is 5.91 Å². The molecule has 0 fully saturated rings. The monoisotopic (exact) mass is 340 g/mol. The predicted molar refractivity (Wildman–Crippen MR) is 98.8 cm³/mol. The highest BCUT2D eigenvalue weighted by Crippen LogP contribution is 2.23. The van der Waals surface area contributed by atoms with Crippen LogP contribution in [0.4, 0.5) is 5.69 Å². The van der Waals surface area contributed by atoms with Crippen LogP contribution in [0.3, 0.4) is 0 Å². The van der Waals surface area contributed by atoms with Crippen molar-refractivity contribution < 1.29 is 4.79 Å². The van der Waals surface area contributed by atoms with Gasteiger partial charge in [-0.1, -0.05) is 6.07 Å². The molecule has 0 saturated carbocycles. The summed E-state index contributed by atoms with van der Waals surface area (Å²) in [5, 5.41) is 8.13. The Kier molecular flexibility index (Phi) is 4.57. The molecular weight excluding hydrogens is 320 g/mol. The second-order valence-corrected chi connectivity index (χ2v) is 6.80. The van der Waals surface area contributed by atoms with Gasteiger partial charge in [-0.15, -0.1) is 11.8 Å². The summed E-state index contributed by atoms with van der Waals surface area (Å²) in [5.74, 6) is -0.146. The van der Waals surface area contributed by atoms with Crippen molar-refractivity contribution in [2.75, 3.05) is 11.6 Å². The molecule has 2 aromatic heterocycles. The third-order valence-electron chi connectivity index (χ3n) is 3.76. The predicted octanol–water partition coefficient (Wildman–Crippen LogP) is 4.29. The Labute approximate surface area is 145 Å². The number of nitrogens with one attached hydrogen (secondary N) is 1. The SMILES string of the molecule is CSc1cccc(NC(=O)c2cc(C)nc3c2cnn3C(C)C)c1. The molecule has 0 spiro atoms. The van der Waals surface area contributed by atoms with Gasteiger partial charge < -0.3 is 5.32 Å². The third-order valence-corrected chi connectivity index (χ3v) is 4.48. The Morgan fingerprint density at radius 3 is 2.79 bits per heavy atom. The molecule has 3 aromatic rings. The minimum Gasteiger partial charge on any atom is -0.322 e. The topological polar surface area (TPSA) is 59.8 Å². The smallest absolute Gasteiger partial charge is 0.256 e. The quantitative estimate of drug-likeness (QED) is 0.720. The van der Waals surface area contributed by atoms with Crippen LogP contribution >= 0.6 is 11.8 Å². The largest absolute Gasteiger partial charge is 0.322 e. The Balaban J connectivity index is 2.00. The van der Waals surface area contributed by atoms with E-state index in [9.17, 15) is 4.79 Å². The number of benzene rings is 1. The van der Waals surface area contributed by atoms with Crippen LogP contribution in [0.1, 0.15) is 35.9 Å². The maximum absolute atomic E-state index is 12.8. The van der Waals surface area contributed by atoms with Crippen molar-refractivity contribution in [3.05, 3.63) is 47.8 Å². The van der Waals surface area contributed by atoms with Crippen LogP contribution in [0.15, 0.2) is 41.4 Å². The molecule has 2 heterocycles. The van der Waals surface area contributed by atoms with Crippen molar-refractivity contribution in [1.29, 1.82) is 0 Å². The molecule has 0 aliphatic carbocycles. The molecular formula is C18H20N4OS. The number of anilines is 1. The number of rotatable bonds is 4. The summed E-state index contributed by atoms with van der Waals surface area (Å²) < 4.78 is 1.84. The van der Waals surface area contributed by atoms with Gasteiger partial charge in [0, 0.05) is 22.3 Å². The van der Waals surface area contributed by atoms with Crippen LogP contribution in [0, 0.1) is 6.92 Å². The van der Waals surface area contributed by atoms with Gasteiger partial charge in [0.2, 0.25) is 0 Å².